The molecule has 0 aliphatic carbocycles. The van der Waals surface area contributed by atoms with Crippen molar-refractivity contribution in [3.05, 3.63) is 30.1 Å². The third-order valence-corrected chi connectivity index (χ3v) is 3.92. The molecule has 3 rings (SSSR count). The van der Waals surface area contributed by atoms with Gasteiger partial charge in [-0.2, -0.15) is 0 Å². The molecule has 1 aromatic carbocycles. The van der Waals surface area contributed by atoms with Crippen molar-refractivity contribution in [1.29, 1.82) is 0 Å². The van der Waals surface area contributed by atoms with E-state index in [1.165, 1.54) is 0 Å². The molecular weight excluding hydrogens is 268 g/mol. The van der Waals surface area contributed by atoms with Crippen LogP contribution in [-0.4, -0.2) is 39.3 Å². The number of rotatable bonds is 4. The van der Waals surface area contributed by atoms with Crippen LogP contribution >= 0.6 is 0 Å². The predicted molar refractivity (Wildman–Crippen MR) is 78.3 cm³/mol. The largest absolute Gasteiger partial charge is 0.368 e. The maximum absolute atomic E-state index is 12.2. The number of hydrogen-bond acceptors (Lipinski definition) is 3. The van der Waals surface area contributed by atoms with Crippen LogP contribution < -0.4 is 5.73 Å². The van der Waals surface area contributed by atoms with Crippen LogP contribution in [0.1, 0.15) is 25.1 Å². The molecule has 2 amide bonds. The van der Waals surface area contributed by atoms with Gasteiger partial charge in [-0.1, -0.05) is 12.1 Å². The lowest BCUT2D eigenvalue weighted by Gasteiger charge is -2.21. The lowest BCUT2D eigenvalue weighted by atomic mass is 10.2. The molecule has 1 aliphatic heterocycles. The predicted octanol–water partition coefficient (Wildman–Crippen LogP) is 0.972. The average Bonchev–Trinajstić information content (AvgIpc) is 3.10. The molecule has 110 valence electrons. The first kappa shape index (κ1) is 13.6. The molecule has 21 heavy (non-hydrogen) atoms. The molecule has 0 spiro atoms. The van der Waals surface area contributed by atoms with Crippen molar-refractivity contribution >= 4 is 22.8 Å². The summed E-state index contributed by atoms with van der Waals surface area (Å²) in [6, 6.07) is 7.32. The molecule has 1 fully saturated rings. The summed E-state index contributed by atoms with van der Waals surface area (Å²) >= 11 is 0. The zero-order valence-corrected chi connectivity index (χ0v) is 11.7. The van der Waals surface area contributed by atoms with E-state index in [0.717, 1.165) is 23.3 Å². The SMILES string of the molecule is NC(=O)[C@H]1CCCN1C(=O)CCc1nc2ccccc2[nH]1. The number of primary amides is 1. The number of H-pyrrole nitrogens is 1. The van der Waals surface area contributed by atoms with E-state index in [4.69, 9.17) is 5.73 Å². The second-order valence-electron chi connectivity index (χ2n) is 5.35. The highest BCUT2D eigenvalue weighted by Crippen LogP contribution is 2.19. The van der Waals surface area contributed by atoms with Crippen LogP contribution in [0.15, 0.2) is 24.3 Å². The van der Waals surface area contributed by atoms with Gasteiger partial charge < -0.3 is 15.6 Å². The van der Waals surface area contributed by atoms with Gasteiger partial charge >= 0.3 is 0 Å². The van der Waals surface area contributed by atoms with Gasteiger partial charge in [0.15, 0.2) is 0 Å². The van der Waals surface area contributed by atoms with E-state index in [2.05, 4.69) is 9.97 Å². The first-order chi connectivity index (χ1) is 10.1. The molecule has 6 nitrogen and oxygen atoms in total. The quantitative estimate of drug-likeness (QED) is 0.877. The number of nitrogens with two attached hydrogens (primary N) is 1. The number of hydrogen-bond donors (Lipinski definition) is 2. The van der Waals surface area contributed by atoms with E-state index in [1.807, 2.05) is 24.3 Å². The molecule has 1 aliphatic rings. The molecule has 2 aromatic rings. The summed E-state index contributed by atoms with van der Waals surface area (Å²) in [7, 11) is 0. The van der Waals surface area contributed by atoms with Crippen LogP contribution in [0.2, 0.25) is 0 Å². The molecule has 0 radical (unpaired) electrons. The molecule has 3 N–H and O–H groups in total. The standard InChI is InChI=1S/C15H18N4O2/c16-15(21)12-6-3-9-19(12)14(20)8-7-13-17-10-4-1-2-5-11(10)18-13/h1-2,4-5,12H,3,6-9H2,(H2,16,21)(H,17,18)/t12-/m1/s1. The van der Waals surface area contributed by atoms with Crippen LogP contribution in [0.4, 0.5) is 0 Å². The number of para-hydroxylation sites is 2. The zero-order valence-electron chi connectivity index (χ0n) is 11.7. The molecule has 0 saturated carbocycles. The Morgan fingerprint density at radius 3 is 2.95 bits per heavy atom. The number of nitrogens with zero attached hydrogens (tertiary/aromatic N) is 2. The minimum Gasteiger partial charge on any atom is -0.368 e. The second kappa shape index (κ2) is 5.55. The van der Waals surface area contributed by atoms with Crippen LogP contribution in [-0.2, 0) is 16.0 Å². The van der Waals surface area contributed by atoms with Gasteiger partial charge in [-0.05, 0) is 25.0 Å². The number of carbonyl (C=O) groups is 2. The number of imidazole rings is 1. The summed E-state index contributed by atoms with van der Waals surface area (Å²) in [6.07, 6.45) is 2.38. The van der Waals surface area contributed by atoms with Crippen molar-refractivity contribution in [1.82, 2.24) is 14.9 Å². The molecule has 0 bridgehead atoms. The normalized spacial score (nSPS) is 18.3. The number of fused-ring (bicyclic) bond motifs is 1. The van der Waals surface area contributed by atoms with Crippen molar-refractivity contribution in [2.45, 2.75) is 31.7 Å². The van der Waals surface area contributed by atoms with Gasteiger partial charge in [-0.15, -0.1) is 0 Å². The summed E-state index contributed by atoms with van der Waals surface area (Å²) in [4.78, 5) is 32.8. The highest BCUT2D eigenvalue weighted by Gasteiger charge is 2.32. The molecular formula is C15H18N4O2. The Morgan fingerprint density at radius 1 is 1.38 bits per heavy atom. The Bertz CT molecular complexity index is 646. The number of amides is 2. The Labute approximate surface area is 122 Å². The zero-order chi connectivity index (χ0) is 14.8. The van der Waals surface area contributed by atoms with E-state index in [-0.39, 0.29) is 5.91 Å². The Morgan fingerprint density at radius 2 is 2.19 bits per heavy atom. The number of likely N-dealkylation sites (tertiary alicyclic amines) is 1. The van der Waals surface area contributed by atoms with Gasteiger partial charge in [-0.3, -0.25) is 9.59 Å². The Hall–Kier alpha value is -2.37. The second-order valence-corrected chi connectivity index (χ2v) is 5.35. The van der Waals surface area contributed by atoms with Crippen LogP contribution in [0.3, 0.4) is 0 Å². The highest BCUT2D eigenvalue weighted by atomic mass is 16.2. The summed E-state index contributed by atoms with van der Waals surface area (Å²) < 4.78 is 0. The Kier molecular flexibility index (Phi) is 3.60. The topological polar surface area (TPSA) is 92.1 Å². The van der Waals surface area contributed by atoms with Crippen molar-refractivity contribution in [3.8, 4) is 0 Å². The van der Waals surface area contributed by atoms with Gasteiger partial charge in [-0.25, -0.2) is 4.98 Å². The number of carbonyl (C=O) groups excluding carboxylic acids is 2. The third-order valence-electron chi connectivity index (χ3n) is 3.92. The maximum atomic E-state index is 12.2. The van der Waals surface area contributed by atoms with Crippen molar-refractivity contribution < 1.29 is 9.59 Å². The average molecular weight is 286 g/mol. The number of aromatic nitrogens is 2. The minimum absolute atomic E-state index is 0.0308. The summed E-state index contributed by atoms with van der Waals surface area (Å²) in [5, 5.41) is 0. The molecule has 2 heterocycles. The van der Waals surface area contributed by atoms with Gasteiger partial charge in [0.1, 0.15) is 11.9 Å². The van der Waals surface area contributed by atoms with Gasteiger partial charge in [0, 0.05) is 19.4 Å². The fourth-order valence-corrected chi connectivity index (χ4v) is 2.85. The Balaban J connectivity index is 1.64. The fraction of sp³-hybridized carbons (Fsp3) is 0.400. The highest BCUT2D eigenvalue weighted by molar-refractivity contribution is 5.87. The fourth-order valence-electron chi connectivity index (χ4n) is 2.85. The molecule has 6 heteroatoms. The van der Waals surface area contributed by atoms with Crippen LogP contribution in [0, 0.1) is 0 Å². The lowest BCUT2D eigenvalue weighted by Crippen LogP contribution is -2.43. The first-order valence-electron chi connectivity index (χ1n) is 7.17. The lowest BCUT2D eigenvalue weighted by molar-refractivity contribution is -0.137. The van der Waals surface area contributed by atoms with Crippen molar-refractivity contribution in [2.24, 2.45) is 5.73 Å². The van der Waals surface area contributed by atoms with E-state index in [1.54, 1.807) is 4.90 Å². The monoisotopic (exact) mass is 286 g/mol. The van der Waals surface area contributed by atoms with E-state index in [9.17, 15) is 9.59 Å². The van der Waals surface area contributed by atoms with Crippen LogP contribution in [0.5, 0.6) is 0 Å². The summed E-state index contributed by atoms with van der Waals surface area (Å²) in [5.74, 6) is 0.348. The summed E-state index contributed by atoms with van der Waals surface area (Å²) in [5.41, 5.74) is 7.20. The molecule has 1 aromatic heterocycles. The van der Waals surface area contributed by atoms with Crippen LogP contribution in [0.25, 0.3) is 11.0 Å². The summed E-state index contributed by atoms with van der Waals surface area (Å²) in [6.45, 7) is 0.618. The molecule has 1 saturated heterocycles. The van der Waals surface area contributed by atoms with Gasteiger partial charge in [0.05, 0.1) is 11.0 Å². The first-order valence-corrected chi connectivity index (χ1v) is 7.17. The number of aryl methyl sites for hydroxylation is 1. The van der Waals surface area contributed by atoms with E-state index < -0.39 is 11.9 Å². The minimum atomic E-state index is -0.437. The van der Waals surface area contributed by atoms with E-state index >= 15 is 0 Å². The van der Waals surface area contributed by atoms with E-state index in [0.29, 0.717) is 25.8 Å². The number of benzene rings is 1. The number of aromatic amines is 1. The van der Waals surface area contributed by atoms with Gasteiger partial charge in [0.25, 0.3) is 0 Å². The number of nitrogens with one attached hydrogen (secondary N) is 1. The third kappa shape index (κ3) is 2.74. The maximum Gasteiger partial charge on any atom is 0.240 e. The smallest absolute Gasteiger partial charge is 0.240 e. The molecule has 1 atom stereocenters. The van der Waals surface area contributed by atoms with Gasteiger partial charge in [0.2, 0.25) is 11.8 Å². The molecule has 0 unspecified atom stereocenters. The van der Waals surface area contributed by atoms with Crippen molar-refractivity contribution in [3.63, 3.8) is 0 Å². The van der Waals surface area contributed by atoms with Crippen molar-refractivity contribution in [2.75, 3.05) is 6.54 Å².